The van der Waals surface area contributed by atoms with Crippen LogP contribution in [0.25, 0.3) is 0 Å². The van der Waals surface area contributed by atoms with Crippen molar-refractivity contribution < 1.29 is 13.9 Å². The summed E-state index contributed by atoms with van der Waals surface area (Å²) >= 11 is 5.84. The van der Waals surface area contributed by atoms with Gasteiger partial charge in [-0.3, -0.25) is 4.79 Å². The molecule has 1 N–H and O–H groups in total. The zero-order chi connectivity index (χ0) is 15.8. The fourth-order valence-electron chi connectivity index (χ4n) is 1.59. The van der Waals surface area contributed by atoms with E-state index in [4.69, 9.17) is 16.3 Å². The molecule has 5 heteroatoms. The van der Waals surface area contributed by atoms with Crippen molar-refractivity contribution in [3.63, 3.8) is 0 Å². The second kappa shape index (κ2) is 8.06. The number of amides is 1. The lowest BCUT2D eigenvalue weighted by Gasteiger charge is -2.05. The molecule has 0 bridgehead atoms. The second-order valence-corrected chi connectivity index (χ2v) is 4.77. The topological polar surface area (TPSA) is 38.3 Å². The first-order valence-electron chi connectivity index (χ1n) is 6.53. The Kier molecular flexibility index (Phi) is 5.81. The van der Waals surface area contributed by atoms with Crippen LogP contribution in [-0.4, -0.2) is 19.1 Å². The van der Waals surface area contributed by atoms with E-state index < -0.39 is 0 Å². The molecule has 0 aliphatic carbocycles. The molecule has 0 fully saturated rings. The molecule has 2 rings (SSSR count). The van der Waals surface area contributed by atoms with Crippen molar-refractivity contribution in [1.29, 1.82) is 0 Å². The van der Waals surface area contributed by atoms with Crippen LogP contribution in [0, 0.1) is 17.7 Å². The number of ether oxygens (including phenoxy) is 1. The monoisotopic (exact) mass is 317 g/mol. The Bertz CT molecular complexity index is 705. The highest BCUT2D eigenvalue weighted by Gasteiger charge is 2.01. The third-order valence-electron chi connectivity index (χ3n) is 2.61. The molecule has 0 heterocycles. The fraction of sp³-hybridized carbons (Fsp3) is 0.118. The Morgan fingerprint density at radius 1 is 1.23 bits per heavy atom. The van der Waals surface area contributed by atoms with Gasteiger partial charge in [0.25, 0.3) is 5.91 Å². The predicted molar refractivity (Wildman–Crippen MR) is 83.2 cm³/mol. The highest BCUT2D eigenvalue weighted by molar-refractivity contribution is 6.30. The van der Waals surface area contributed by atoms with Gasteiger partial charge in [-0.1, -0.05) is 29.5 Å². The van der Waals surface area contributed by atoms with Gasteiger partial charge in [0.15, 0.2) is 6.61 Å². The van der Waals surface area contributed by atoms with Crippen LogP contribution in [0.3, 0.4) is 0 Å². The van der Waals surface area contributed by atoms with Gasteiger partial charge in [-0.25, -0.2) is 4.39 Å². The maximum atomic E-state index is 12.7. The minimum atomic E-state index is -0.354. The average Bonchev–Trinajstić information content (AvgIpc) is 2.51. The van der Waals surface area contributed by atoms with E-state index in [0.29, 0.717) is 10.8 Å². The molecule has 3 nitrogen and oxygen atoms in total. The van der Waals surface area contributed by atoms with E-state index in [-0.39, 0.29) is 24.9 Å². The molecule has 112 valence electrons. The third-order valence-corrected chi connectivity index (χ3v) is 2.85. The number of benzene rings is 2. The van der Waals surface area contributed by atoms with E-state index in [1.165, 1.54) is 24.3 Å². The second-order valence-electron chi connectivity index (χ2n) is 4.33. The zero-order valence-electron chi connectivity index (χ0n) is 11.6. The van der Waals surface area contributed by atoms with Gasteiger partial charge in [-0.05, 0) is 42.5 Å². The molecular weight excluding hydrogens is 305 g/mol. The lowest BCUT2D eigenvalue weighted by Crippen LogP contribution is -2.29. The van der Waals surface area contributed by atoms with Crippen LogP contribution in [0.5, 0.6) is 5.75 Å². The summed E-state index contributed by atoms with van der Waals surface area (Å²) in [4.78, 5) is 11.5. The number of hydrogen-bond acceptors (Lipinski definition) is 2. The number of rotatable bonds is 4. The summed E-state index contributed by atoms with van der Waals surface area (Å²) in [5.74, 6) is 5.49. The first-order chi connectivity index (χ1) is 10.6. The van der Waals surface area contributed by atoms with Crippen molar-refractivity contribution in [2.75, 3.05) is 13.2 Å². The summed E-state index contributed by atoms with van der Waals surface area (Å²) in [6.45, 7) is 0.0581. The van der Waals surface area contributed by atoms with Crippen molar-refractivity contribution in [3.8, 4) is 17.6 Å². The van der Waals surface area contributed by atoms with Gasteiger partial charge >= 0.3 is 0 Å². The first kappa shape index (κ1) is 15.9. The maximum Gasteiger partial charge on any atom is 0.258 e. The van der Waals surface area contributed by atoms with Gasteiger partial charge in [0, 0.05) is 10.6 Å². The van der Waals surface area contributed by atoms with Crippen LogP contribution in [0.4, 0.5) is 4.39 Å². The van der Waals surface area contributed by atoms with Crippen molar-refractivity contribution in [2.24, 2.45) is 0 Å². The summed E-state index contributed by atoms with van der Waals surface area (Å²) in [7, 11) is 0. The molecule has 22 heavy (non-hydrogen) atoms. The number of carbonyl (C=O) groups excluding carboxylic acids is 1. The molecule has 0 radical (unpaired) electrons. The molecule has 0 spiro atoms. The summed E-state index contributed by atoms with van der Waals surface area (Å²) < 4.78 is 17.9. The third kappa shape index (κ3) is 5.47. The zero-order valence-corrected chi connectivity index (χ0v) is 12.4. The van der Waals surface area contributed by atoms with Crippen molar-refractivity contribution in [3.05, 3.63) is 64.9 Å². The average molecular weight is 318 g/mol. The molecule has 0 aliphatic heterocycles. The van der Waals surface area contributed by atoms with E-state index in [0.717, 1.165) is 5.56 Å². The molecule has 2 aromatic rings. The predicted octanol–water partition coefficient (Wildman–Crippen LogP) is 3.03. The van der Waals surface area contributed by atoms with E-state index in [1.807, 2.05) is 12.1 Å². The molecule has 0 aromatic heterocycles. The molecule has 2 aromatic carbocycles. The molecule has 0 atom stereocenters. The number of carbonyl (C=O) groups is 1. The Hall–Kier alpha value is -2.51. The first-order valence-corrected chi connectivity index (χ1v) is 6.91. The Morgan fingerprint density at radius 2 is 2.00 bits per heavy atom. The van der Waals surface area contributed by atoms with Crippen LogP contribution in [-0.2, 0) is 4.79 Å². The van der Waals surface area contributed by atoms with Crippen LogP contribution >= 0.6 is 11.6 Å². The highest BCUT2D eigenvalue weighted by atomic mass is 35.5. The van der Waals surface area contributed by atoms with Crippen molar-refractivity contribution in [1.82, 2.24) is 5.32 Å². The van der Waals surface area contributed by atoms with Crippen molar-refractivity contribution in [2.45, 2.75) is 0 Å². The van der Waals surface area contributed by atoms with Gasteiger partial charge in [0.2, 0.25) is 0 Å². The maximum absolute atomic E-state index is 12.7. The number of nitrogens with one attached hydrogen (secondary N) is 1. The van der Waals surface area contributed by atoms with Gasteiger partial charge in [0.05, 0.1) is 6.54 Å². The summed E-state index contributed by atoms with van der Waals surface area (Å²) in [6.07, 6.45) is 0. The lowest BCUT2D eigenvalue weighted by molar-refractivity contribution is -0.122. The number of halogens is 2. The fourth-order valence-corrected chi connectivity index (χ4v) is 1.78. The quantitative estimate of drug-likeness (QED) is 0.880. The van der Waals surface area contributed by atoms with E-state index >= 15 is 0 Å². The molecule has 0 saturated carbocycles. The van der Waals surface area contributed by atoms with E-state index in [1.54, 1.807) is 12.1 Å². The minimum Gasteiger partial charge on any atom is -0.484 e. The van der Waals surface area contributed by atoms with E-state index in [9.17, 15) is 9.18 Å². The summed E-state index contributed by atoms with van der Waals surface area (Å²) in [5, 5.41) is 3.22. The molecular formula is C17H13ClFNO2. The van der Waals surface area contributed by atoms with Gasteiger partial charge in [-0.2, -0.15) is 0 Å². The van der Waals surface area contributed by atoms with E-state index in [2.05, 4.69) is 17.2 Å². The van der Waals surface area contributed by atoms with Crippen molar-refractivity contribution >= 4 is 17.5 Å². The normalized spacial score (nSPS) is 9.55. The molecule has 0 unspecified atom stereocenters. The highest BCUT2D eigenvalue weighted by Crippen LogP contribution is 2.10. The Morgan fingerprint density at radius 3 is 2.73 bits per heavy atom. The van der Waals surface area contributed by atoms with Gasteiger partial charge in [0.1, 0.15) is 11.6 Å². The van der Waals surface area contributed by atoms with Crippen LogP contribution in [0.15, 0.2) is 48.5 Å². The smallest absolute Gasteiger partial charge is 0.258 e. The van der Waals surface area contributed by atoms with Gasteiger partial charge < -0.3 is 10.1 Å². The van der Waals surface area contributed by atoms with Gasteiger partial charge in [-0.15, -0.1) is 0 Å². The SMILES string of the molecule is O=C(COc1ccc(F)cc1)NCC#Cc1cccc(Cl)c1. The van der Waals surface area contributed by atoms with Crippen LogP contribution < -0.4 is 10.1 Å². The molecule has 0 aliphatic rings. The molecule has 0 saturated heterocycles. The van der Waals surface area contributed by atoms with Crippen LogP contribution in [0.1, 0.15) is 5.56 Å². The Labute approximate surface area is 133 Å². The lowest BCUT2D eigenvalue weighted by atomic mass is 10.2. The Balaban J connectivity index is 1.73. The summed E-state index contributed by atoms with van der Waals surface area (Å²) in [5.41, 5.74) is 0.782. The largest absolute Gasteiger partial charge is 0.484 e. The standard InChI is InChI=1S/C17H13ClFNO2/c18-14-5-1-3-13(11-14)4-2-10-20-17(21)12-22-16-8-6-15(19)7-9-16/h1,3,5-9,11H,10,12H2,(H,20,21). The van der Waals surface area contributed by atoms with Crippen LogP contribution in [0.2, 0.25) is 5.02 Å². The summed E-state index contributed by atoms with van der Waals surface area (Å²) in [6, 6.07) is 12.6. The minimum absolute atomic E-state index is 0.148. The number of hydrogen-bond donors (Lipinski definition) is 1. The molecule has 1 amide bonds.